The molecule has 0 bridgehead atoms. The van der Waals surface area contributed by atoms with Gasteiger partial charge in [0.25, 0.3) is 0 Å². The van der Waals surface area contributed by atoms with Gasteiger partial charge in [0.05, 0.1) is 13.2 Å². The third-order valence-corrected chi connectivity index (χ3v) is 3.17. The van der Waals surface area contributed by atoms with Crippen LogP contribution in [0.2, 0.25) is 0 Å². The zero-order chi connectivity index (χ0) is 14.4. The van der Waals surface area contributed by atoms with Crippen molar-refractivity contribution in [1.29, 1.82) is 0 Å². The number of aliphatic hydroxyl groups excluding tert-OH is 1. The van der Waals surface area contributed by atoms with Gasteiger partial charge in [-0.05, 0) is 19.4 Å². The van der Waals surface area contributed by atoms with Crippen molar-refractivity contribution in [2.75, 3.05) is 13.2 Å². The molecule has 0 atom stereocenters. The Bertz CT molecular complexity index is 511. The maximum Gasteiger partial charge on any atom is 0.240 e. The summed E-state index contributed by atoms with van der Waals surface area (Å²) in [5.74, 6) is 1.29. The lowest BCUT2D eigenvalue weighted by atomic mass is 10.1. The minimum Gasteiger partial charge on any atom is -0.395 e. The molecular weight excluding hydrogens is 254 g/mol. The van der Waals surface area contributed by atoms with Gasteiger partial charge in [-0.2, -0.15) is 4.98 Å². The van der Waals surface area contributed by atoms with Crippen molar-refractivity contribution in [3.05, 3.63) is 47.6 Å². The van der Waals surface area contributed by atoms with E-state index in [0.717, 1.165) is 5.56 Å². The van der Waals surface area contributed by atoms with Crippen molar-refractivity contribution in [3.8, 4) is 0 Å². The monoisotopic (exact) mass is 275 g/mol. The van der Waals surface area contributed by atoms with Crippen LogP contribution < -0.4 is 0 Å². The smallest absolute Gasteiger partial charge is 0.240 e. The van der Waals surface area contributed by atoms with E-state index >= 15 is 0 Å². The minimum atomic E-state index is 0.128. The van der Waals surface area contributed by atoms with Crippen molar-refractivity contribution in [1.82, 2.24) is 15.0 Å². The van der Waals surface area contributed by atoms with Gasteiger partial charge in [0, 0.05) is 19.0 Å². The molecular formula is C15H21N3O2. The molecule has 108 valence electrons. The Hall–Kier alpha value is -1.72. The highest BCUT2D eigenvalue weighted by Crippen LogP contribution is 2.09. The lowest BCUT2D eigenvalue weighted by Gasteiger charge is -2.23. The molecule has 0 radical (unpaired) electrons. The van der Waals surface area contributed by atoms with Crippen LogP contribution >= 0.6 is 0 Å². The van der Waals surface area contributed by atoms with E-state index in [0.29, 0.717) is 37.3 Å². The van der Waals surface area contributed by atoms with Crippen LogP contribution in [0.15, 0.2) is 34.9 Å². The Morgan fingerprint density at radius 1 is 1.25 bits per heavy atom. The third-order valence-electron chi connectivity index (χ3n) is 3.17. The Balaban J connectivity index is 1.98. The van der Waals surface area contributed by atoms with Crippen LogP contribution in [0.1, 0.15) is 31.1 Å². The van der Waals surface area contributed by atoms with Gasteiger partial charge < -0.3 is 9.63 Å². The fraction of sp³-hybridized carbons (Fsp3) is 0.467. The maximum atomic E-state index is 9.06. The predicted octanol–water partition coefficient (Wildman–Crippen LogP) is 1.86. The minimum absolute atomic E-state index is 0.128. The molecule has 1 aromatic heterocycles. The van der Waals surface area contributed by atoms with Gasteiger partial charge in [-0.1, -0.05) is 35.5 Å². The molecule has 0 saturated carbocycles. The van der Waals surface area contributed by atoms with Gasteiger partial charge in [0.2, 0.25) is 5.89 Å². The summed E-state index contributed by atoms with van der Waals surface area (Å²) in [6, 6.07) is 10.4. The molecule has 2 aromatic rings. The quantitative estimate of drug-likeness (QED) is 0.835. The second-order valence-corrected chi connectivity index (χ2v) is 5.05. The number of rotatable bonds is 7. The molecule has 0 amide bonds. The second-order valence-electron chi connectivity index (χ2n) is 5.05. The first-order valence-corrected chi connectivity index (χ1v) is 6.89. The summed E-state index contributed by atoms with van der Waals surface area (Å²) in [7, 11) is 0. The summed E-state index contributed by atoms with van der Waals surface area (Å²) >= 11 is 0. The second kappa shape index (κ2) is 7.17. The largest absolute Gasteiger partial charge is 0.395 e. The highest BCUT2D eigenvalue weighted by Gasteiger charge is 2.14. The Morgan fingerprint density at radius 3 is 2.65 bits per heavy atom. The summed E-state index contributed by atoms with van der Waals surface area (Å²) in [5.41, 5.74) is 1.16. The Kier molecular flexibility index (Phi) is 5.26. The van der Waals surface area contributed by atoms with Gasteiger partial charge in [-0.25, -0.2) is 0 Å². The average Bonchev–Trinajstić information content (AvgIpc) is 2.86. The summed E-state index contributed by atoms with van der Waals surface area (Å²) in [6.07, 6.45) is 0.673. The number of benzene rings is 1. The van der Waals surface area contributed by atoms with Crippen molar-refractivity contribution >= 4 is 0 Å². The normalized spacial score (nSPS) is 11.4. The van der Waals surface area contributed by atoms with Crippen molar-refractivity contribution in [2.45, 2.75) is 32.9 Å². The van der Waals surface area contributed by atoms with E-state index in [9.17, 15) is 0 Å². The van der Waals surface area contributed by atoms with Crippen molar-refractivity contribution in [3.63, 3.8) is 0 Å². The molecule has 2 rings (SSSR count). The van der Waals surface area contributed by atoms with E-state index < -0.39 is 0 Å². The molecule has 20 heavy (non-hydrogen) atoms. The summed E-state index contributed by atoms with van der Waals surface area (Å²) in [4.78, 5) is 6.51. The molecule has 0 unspecified atom stereocenters. The van der Waals surface area contributed by atoms with Gasteiger partial charge in [-0.3, -0.25) is 4.90 Å². The van der Waals surface area contributed by atoms with E-state index in [-0.39, 0.29) is 6.61 Å². The van der Waals surface area contributed by atoms with Gasteiger partial charge in [0.1, 0.15) is 0 Å². The number of aromatic nitrogens is 2. The summed E-state index contributed by atoms with van der Waals surface area (Å²) in [5, 5.41) is 13.1. The van der Waals surface area contributed by atoms with Gasteiger partial charge >= 0.3 is 0 Å². The van der Waals surface area contributed by atoms with E-state index in [4.69, 9.17) is 9.63 Å². The molecule has 0 aliphatic heterocycles. The lowest BCUT2D eigenvalue weighted by Crippen LogP contribution is -2.33. The topological polar surface area (TPSA) is 62.4 Å². The van der Waals surface area contributed by atoms with Crippen LogP contribution in [0.3, 0.4) is 0 Å². The van der Waals surface area contributed by atoms with Gasteiger partial charge in [0.15, 0.2) is 5.82 Å². The molecule has 1 aromatic carbocycles. The predicted molar refractivity (Wildman–Crippen MR) is 76.2 cm³/mol. The third kappa shape index (κ3) is 4.15. The molecule has 5 heteroatoms. The number of aliphatic hydroxyl groups is 1. The fourth-order valence-corrected chi connectivity index (χ4v) is 2.03. The van der Waals surface area contributed by atoms with Crippen LogP contribution in [0, 0.1) is 0 Å². The van der Waals surface area contributed by atoms with Crippen LogP contribution in [0.25, 0.3) is 0 Å². The Morgan fingerprint density at radius 2 is 2.00 bits per heavy atom. The van der Waals surface area contributed by atoms with Crippen LogP contribution in [-0.4, -0.2) is 39.3 Å². The standard InChI is InChI=1S/C15H21N3O2/c1-12(2)18(8-9-19)11-15-16-14(17-20-15)10-13-6-4-3-5-7-13/h3-7,12,19H,8-11H2,1-2H3. The molecule has 0 saturated heterocycles. The number of hydrogen-bond donors (Lipinski definition) is 1. The van der Waals surface area contributed by atoms with E-state index in [2.05, 4.69) is 28.9 Å². The van der Waals surface area contributed by atoms with E-state index in [1.165, 1.54) is 0 Å². The van der Waals surface area contributed by atoms with E-state index in [1.807, 2.05) is 30.3 Å². The van der Waals surface area contributed by atoms with Gasteiger partial charge in [-0.15, -0.1) is 0 Å². The molecule has 5 nitrogen and oxygen atoms in total. The number of nitrogens with zero attached hydrogens (tertiary/aromatic N) is 3. The van der Waals surface area contributed by atoms with E-state index in [1.54, 1.807) is 0 Å². The highest BCUT2D eigenvalue weighted by atomic mass is 16.5. The molecule has 0 aliphatic carbocycles. The molecule has 1 heterocycles. The molecule has 0 fully saturated rings. The fourth-order valence-electron chi connectivity index (χ4n) is 2.03. The SMILES string of the molecule is CC(C)N(CCO)Cc1nc(Cc2ccccc2)no1. The van der Waals surface area contributed by atoms with Crippen molar-refractivity contribution in [2.24, 2.45) is 0 Å². The first-order valence-electron chi connectivity index (χ1n) is 6.89. The zero-order valence-corrected chi connectivity index (χ0v) is 12.0. The van der Waals surface area contributed by atoms with Crippen LogP contribution in [0.4, 0.5) is 0 Å². The van der Waals surface area contributed by atoms with Crippen molar-refractivity contribution < 1.29 is 9.63 Å². The maximum absolute atomic E-state index is 9.06. The number of hydrogen-bond acceptors (Lipinski definition) is 5. The first kappa shape index (κ1) is 14.7. The highest BCUT2D eigenvalue weighted by molar-refractivity contribution is 5.18. The Labute approximate surface area is 119 Å². The summed E-state index contributed by atoms with van der Waals surface area (Å²) < 4.78 is 5.28. The van der Waals surface area contributed by atoms with Crippen LogP contribution in [-0.2, 0) is 13.0 Å². The van der Waals surface area contributed by atoms with Crippen LogP contribution in [0.5, 0.6) is 0 Å². The molecule has 0 aliphatic rings. The molecule has 0 spiro atoms. The average molecular weight is 275 g/mol. The first-order chi connectivity index (χ1) is 9.69. The zero-order valence-electron chi connectivity index (χ0n) is 12.0. The lowest BCUT2D eigenvalue weighted by molar-refractivity contribution is 0.144. The summed E-state index contributed by atoms with van der Waals surface area (Å²) in [6.45, 7) is 5.46. The molecule has 1 N–H and O–H groups in total.